The van der Waals surface area contributed by atoms with Gasteiger partial charge in [0, 0.05) is 11.6 Å². The van der Waals surface area contributed by atoms with E-state index in [9.17, 15) is 9.59 Å². The van der Waals surface area contributed by atoms with E-state index in [1.807, 2.05) is 0 Å². The number of hydrogen-bond donors (Lipinski definition) is 1. The number of carboxylic acid groups (broad SMARTS) is 1. The van der Waals surface area contributed by atoms with E-state index in [1.54, 1.807) is 19.1 Å². The molecule has 0 fully saturated rings. The van der Waals surface area contributed by atoms with Crippen LogP contribution in [0.3, 0.4) is 0 Å². The molecular weight excluding hydrogens is 208 g/mol. The van der Waals surface area contributed by atoms with Crippen LogP contribution in [0.15, 0.2) is 18.2 Å². The summed E-state index contributed by atoms with van der Waals surface area (Å²) in [7, 11) is 1.51. The molecule has 0 spiro atoms. The topological polar surface area (TPSA) is 63.6 Å². The van der Waals surface area contributed by atoms with Gasteiger partial charge in [-0.25, -0.2) is 4.79 Å². The van der Waals surface area contributed by atoms with Gasteiger partial charge in [-0.15, -0.1) is 0 Å². The van der Waals surface area contributed by atoms with Crippen LogP contribution in [0.25, 0.3) is 6.08 Å². The Hall–Kier alpha value is -2.10. The largest absolute Gasteiger partial charge is 0.497 e. The minimum absolute atomic E-state index is 0.411. The van der Waals surface area contributed by atoms with Crippen LogP contribution in [0.5, 0.6) is 5.75 Å². The van der Waals surface area contributed by atoms with Crippen LogP contribution in [0.4, 0.5) is 0 Å². The Morgan fingerprint density at radius 2 is 2.12 bits per heavy atom. The second kappa shape index (κ2) is 5.11. The molecule has 0 aliphatic heterocycles. The summed E-state index contributed by atoms with van der Waals surface area (Å²) in [6, 6.07) is 3.32. The van der Waals surface area contributed by atoms with Crippen LogP contribution in [0.2, 0.25) is 0 Å². The van der Waals surface area contributed by atoms with Crippen molar-refractivity contribution in [3.05, 3.63) is 34.9 Å². The zero-order valence-corrected chi connectivity index (χ0v) is 9.06. The highest BCUT2D eigenvalue weighted by molar-refractivity contribution is 5.90. The lowest BCUT2D eigenvalue weighted by molar-refractivity contribution is -0.131. The number of hydrogen-bond acceptors (Lipinski definition) is 3. The molecule has 0 bridgehead atoms. The van der Waals surface area contributed by atoms with Crippen molar-refractivity contribution in [1.29, 1.82) is 0 Å². The van der Waals surface area contributed by atoms with Crippen LogP contribution in [0, 0.1) is 6.92 Å². The minimum atomic E-state index is -1.05. The molecule has 4 nitrogen and oxygen atoms in total. The van der Waals surface area contributed by atoms with Crippen molar-refractivity contribution in [3.8, 4) is 5.75 Å². The average molecular weight is 220 g/mol. The van der Waals surface area contributed by atoms with Crippen molar-refractivity contribution < 1.29 is 19.4 Å². The van der Waals surface area contributed by atoms with E-state index < -0.39 is 5.97 Å². The number of methoxy groups -OCH3 is 1. The SMILES string of the molecule is COc1cc(C)c(/C=C/C(=O)O)c(C=O)c1. The number of rotatable bonds is 4. The third-order valence-electron chi connectivity index (χ3n) is 2.15. The monoisotopic (exact) mass is 220 g/mol. The van der Waals surface area contributed by atoms with Gasteiger partial charge in [0.15, 0.2) is 6.29 Å². The van der Waals surface area contributed by atoms with Gasteiger partial charge in [0.2, 0.25) is 0 Å². The molecule has 0 saturated carbocycles. The van der Waals surface area contributed by atoms with Gasteiger partial charge >= 0.3 is 5.97 Å². The van der Waals surface area contributed by atoms with Gasteiger partial charge < -0.3 is 9.84 Å². The van der Waals surface area contributed by atoms with Crippen LogP contribution >= 0.6 is 0 Å². The predicted molar refractivity (Wildman–Crippen MR) is 59.8 cm³/mol. The van der Waals surface area contributed by atoms with E-state index in [0.29, 0.717) is 23.2 Å². The first-order valence-corrected chi connectivity index (χ1v) is 4.63. The predicted octanol–water partition coefficient (Wildman–Crippen LogP) is 1.91. The molecule has 0 aliphatic rings. The van der Waals surface area contributed by atoms with E-state index in [-0.39, 0.29) is 0 Å². The first-order chi connectivity index (χ1) is 7.58. The molecule has 0 atom stereocenters. The third-order valence-corrected chi connectivity index (χ3v) is 2.15. The first-order valence-electron chi connectivity index (χ1n) is 4.63. The smallest absolute Gasteiger partial charge is 0.328 e. The van der Waals surface area contributed by atoms with E-state index in [2.05, 4.69) is 0 Å². The molecule has 1 N–H and O–H groups in total. The molecule has 4 heteroatoms. The summed E-state index contributed by atoms with van der Waals surface area (Å²) in [5, 5.41) is 8.53. The summed E-state index contributed by atoms with van der Waals surface area (Å²) in [5.41, 5.74) is 1.80. The third kappa shape index (κ3) is 2.70. The molecule has 0 aromatic heterocycles. The lowest BCUT2D eigenvalue weighted by Gasteiger charge is -2.07. The second-order valence-electron chi connectivity index (χ2n) is 3.24. The summed E-state index contributed by atoms with van der Waals surface area (Å²) >= 11 is 0. The maximum Gasteiger partial charge on any atom is 0.328 e. The molecule has 0 unspecified atom stereocenters. The van der Waals surface area contributed by atoms with Gasteiger partial charge in [-0.2, -0.15) is 0 Å². The lowest BCUT2D eigenvalue weighted by Crippen LogP contribution is -1.95. The highest BCUT2D eigenvalue weighted by Crippen LogP contribution is 2.22. The molecule has 0 saturated heterocycles. The fourth-order valence-electron chi connectivity index (χ4n) is 1.39. The standard InChI is InChI=1S/C12H12O4/c1-8-5-10(16-2)6-9(7-13)11(8)3-4-12(14)15/h3-7H,1-2H3,(H,14,15)/b4-3+. The molecule has 1 aromatic carbocycles. The number of carbonyl (C=O) groups excluding carboxylic acids is 1. The van der Waals surface area contributed by atoms with Gasteiger partial charge in [0.25, 0.3) is 0 Å². The number of aliphatic carboxylic acids is 1. The van der Waals surface area contributed by atoms with E-state index in [4.69, 9.17) is 9.84 Å². The van der Waals surface area contributed by atoms with Crippen LogP contribution < -0.4 is 4.74 Å². The minimum Gasteiger partial charge on any atom is -0.497 e. The van der Waals surface area contributed by atoms with E-state index in [0.717, 1.165) is 11.6 Å². The molecule has 1 rings (SSSR count). The number of ether oxygens (including phenoxy) is 1. The summed E-state index contributed by atoms with van der Waals surface area (Å²) in [5.74, 6) is -0.473. The number of carboxylic acids is 1. The van der Waals surface area contributed by atoms with Crippen molar-refractivity contribution in [2.75, 3.05) is 7.11 Å². The van der Waals surface area contributed by atoms with Crippen molar-refractivity contribution in [3.63, 3.8) is 0 Å². The Bertz CT molecular complexity index is 447. The van der Waals surface area contributed by atoms with E-state index in [1.165, 1.54) is 13.2 Å². The quantitative estimate of drug-likeness (QED) is 0.622. The van der Waals surface area contributed by atoms with E-state index >= 15 is 0 Å². The molecule has 1 aromatic rings. The Morgan fingerprint density at radius 3 is 2.62 bits per heavy atom. The maximum absolute atomic E-state index is 10.9. The Balaban J connectivity index is 3.26. The van der Waals surface area contributed by atoms with Gasteiger partial charge in [-0.3, -0.25) is 4.79 Å². The highest BCUT2D eigenvalue weighted by atomic mass is 16.5. The summed E-state index contributed by atoms with van der Waals surface area (Å²) in [4.78, 5) is 21.3. The molecule has 16 heavy (non-hydrogen) atoms. The Morgan fingerprint density at radius 1 is 1.44 bits per heavy atom. The summed E-state index contributed by atoms with van der Waals surface area (Å²) in [6.07, 6.45) is 3.08. The maximum atomic E-state index is 10.9. The Labute approximate surface area is 93.2 Å². The second-order valence-corrected chi connectivity index (χ2v) is 3.24. The van der Waals surface area contributed by atoms with Crippen LogP contribution in [-0.4, -0.2) is 24.5 Å². The summed E-state index contributed by atoms with van der Waals surface area (Å²) < 4.78 is 5.02. The average Bonchev–Trinajstić information content (AvgIpc) is 2.26. The molecular formula is C12H12O4. The normalized spacial score (nSPS) is 10.4. The number of aryl methyl sites for hydroxylation is 1. The number of benzene rings is 1. The highest BCUT2D eigenvalue weighted by Gasteiger charge is 2.06. The molecule has 0 aliphatic carbocycles. The van der Waals surface area contributed by atoms with Crippen molar-refractivity contribution >= 4 is 18.3 Å². The molecule has 0 heterocycles. The van der Waals surface area contributed by atoms with Gasteiger partial charge in [-0.1, -0.05) is 0 Å². The zero-order chi connectivity index (χ0) is 12.1. The Kier molecular flexibility index (Phi) is 3.83. The molecule has 0 radical (unpaired) electrons. The molecule has 84 valence electrons. The number of carbonyl (C=O) groups is 2. The van der Waals surface area contributed by atoms with Gasteiger partial charge in [-0.05, 0) is 36.3 Å². The van der Waals surface area contributed by atoms with Gasteiger partial charge in [0.1, 0.15) is 5.75 Å². The molecule has 0 amide bonds. The zero-order valence-electron chi connectivity index (χ0n) is 9.06. The summed E-state index contributed by atoms with van der Waals surface area (Å²) in [6.45, 7) is 1.79. The van der Waals surface area contributed by atoms with Crippen LogP contribution in [0.1, 0.15) is 21.5 Å². The fraction of sp³-hybridized carbons (Fsp3) is 0.167. The van der Waals surface area contributed by atoms with Crippen molar-refractivity contribution in [2.24, 2.45) is 0 Å². The van der Waals surface area contributed by atoms with Crippen molar-refractivity contribution in [1.82, 2.24) is 0 Å². The van der Waals surface area contributed by atoms with Crippen LogP contribution in [-0.2, 0) is 4.79 Å². The lowest BCUT2D eigenvalue weighted by atomic mass is 10.0. The first kappa shape index (κ1) is 12.0. The fourth-order valence-corrected chi connectivity index (χ4v) is 1.39. The van der Waals surface area contributed by atoms with Crippen molar-refractivity contribution in [2.45, 2.75) is 6.92 Å². The van der Waals surface area contributed by atoms with Gasteiger partial charge in [0.05, 0.1) is 7.11 Å². The number of aldehydes is 1.